The fourth-order valence-electron chi connectivity index (χ4n) is 1.09. The van der Waals surface area contributed by atoms with Crippen LogP contribution in [0.1, 0.15) is 27.2 Å². The highest BCUT2D eigenvalue weighted by Crippen LogP contribution is 2.12. The molecule has 0 saturated heterocycles. The van der Waals surface area contributed by atoms with Crippen LogP contribution in [-0.4, -0.2) is 24.3 Å². The highest BCUT2D eigenvalue weighted by Gasteiger charge is 2.10. The second-order valence-electron chi connectivity index (χ2n) is 3.79. The van der Waals surface area contributed by atoms with Crippen LogP contribution < -0.4 is 0 Å². The fraction of sp³-hybridized carbons (Fsp3) is 0.462. The molecule has 0 amide bonds. The number of allylic oxidation sites excluding steroid dienone is 4. The van der Waals surface area contributed by atoms with Crippen LogP contribution in [0.15, 0.2) is 35.5 Å². The van der Waals surface area contributed by atoms with Gasteiger partial charge in [-0.25, -0.2) is 4.79 Å². The Morgan fingerprint density at radius 2 is 2.00 bits per heavy atom. The molecule has 0 saturated carbocycles. The number of ether oxygens (including phenoxy) is 1. The van der Waals surface area contributed by atoms with E-state index < -0.39 is 0 Å². The second kappa shape index (κ2) is 7.88. The van der Waals surface area contributed by atoms with Crippen molar-refractivity contribution in [3.8, 4) is 0 Å². The van der Waals surface area contributed by atoms with Gasteiger partial charge >= 0.3 is 5.97 Å². The van der Waals surface area contributed by atoms with E-state index in [1.54, 1.807) is 0 Å². The van der Waals surface area contributed by atoms with E-state index in [-0.39, 0.29) is 19.2 Å². The van der Waals surface area contributed by atoms with Gasteiger partial charge in [0.15, 0.2) is 0 Å². The fourth-order valence-corrected chi connectivity index (χ4v) is 1.09. The summed E-state index contributed by atoms with van der Waals surface area (Å²) in [7, 11) is 0. The van der Waals surface area contributed by atoms with Crippen molar-refractivity contribution >= 4 is 5.97 Å². The first-order valence-electron chi connectivity index (χ1n) is 5.25. The molecule has 0 heterocycles. The van der Waals surface area contributed by atoms with Gasteiger partial charge in [-0.2, -0.15) is 0 Å². The third-order valence-electron chi connectivity index (χ3n) is 1.90. The Morgan fingerprint density at radius 1 is 1.38 bits per heavy atom. The Kier molecular flexibility index (Phi) is 7.21. The lowest BCUT2D eigenvalue weighted by molar-refractivity contribution is -0.140. The van der Waals surface area contributed by atoms with Crippen molar-refractivity contribution < 1.29 is 14.6 Å². The lowest BCUT2D eigenvalue weighted by atomic mass is 10.1. The van der Waals surface area contributed by atoms with Crippen molar-refractivity contribution in [2.24, 2.45) is 0 Å². The quantitative estimate of drug-likeness (QED) is 0.428. The first-order chi connectivity index (χ1) is 7.49. The van der Waals surface area contributed by atoms with Gasteiger partial charge in [0.05, 0.1) is 6.61 Å². The third-order valence-corrected chi connectivity index (χ3v) is 1.90. The van der Waals surface area contributed by atoms with Gasteiger partial charge in [0.1, 0.15) is 6.61 Å². The minimum absolute atomic E-state index is 0.0415. The summed E-state index contributed by atoms with van der Waals surface area (Å²) in [4.78, 5) is 11.6. The van der Waals surface area contributed by atoms with Crippen LogP contribution >= 0.6 is 0 Å². The summed E-state index contributed by atoms with van der Waals surface area (Å²) in [5.41, 5.74) is 2.50. The Hall–Kier alpha value is -1.35. The van der Waals surface area contributed by atoms with Crippen molar-refractivity contribution in [3.05, 3.63) is 35.5 Å². The molecule has 0 aliphatic rings. The first kappa shape index (κ1) is 14.6. The van der Waals surface area contributed by atoms with Gasteiger partial charge in [0.25, 0.3) is 0 Å². The van der Waals surface area contributed by atoms with Gasteiger partial charge in [-0.05, 0) is 27.2 Å². The normalized spacial score (nSPS) is 10.2. The predicted molar refractivity (Wildman–Crippen MR) is 65.0 cm³/mol. The molecule has 0 aromatic rings. The molecule has 1 N–H and O–H groups in total. The Morgan fingerprint density at radius 3 is 2.44 bits per heavy atom. The van der Waals surface area contributed by atoms with Crippen LogP contribution in [0.5, 0.6) is 0 Å². The van der Waals surface area contributed by atoms with E-state index in [0.29, 0.717) is 12.0 Å². The van der Waals surface area contributed by atoms with Gasteiger partial charge < -0.3 is 9.84 Å². The van der Waals surface area contributed by atoms with Crippen molar-refractivity contribution in [3.63, 3.8) is 0 Å². The summed E-state index contributed by atoms with van der Waals surface area (Å²) in [5.74, 6) is -0.361. The van der Waals surface area contributed by atoms with Crippen LogP contribution in [0, 0.1) is 0 Å². The van der Waals surface area contributed by atoms with Gasteiger partial charge in [0.2, 0.25) is 0 Å². The lowest BCUT2D eigenvalue weighted by Gasteiger charge is -2.07. The second-order valence-corrected chi connectivity index (χ2v) is 3.79. The summed E-state index contributed by atoms with van der Waals surface area (Å²) < 4.78 is 4.87. The van der Waals surface area contributed by atoms with Crippen molar-refractivity contribution in [2.45, 2.75) is 27.2 Å². The predicted octanol–water partition coefficient (Wildman–Crippen LogP) is 2.38. The van der Waals surface area contributed by atoms with Gasteiger partial charge in [-0.3, -0.25) is 0 Å². The standard InChI is InChI=1S/C13H20O3/c1-10(2)6-5-7-12(11(3)4)13(15)16-9-8-14/h5-6,14H,1,7-9H2,2-4H3. The number of carbonyl (C=O) groups is 1. The largest absolute Gasteiger partial charge is 0.460 e. The summed E-state index contributed by atoms with van der Waals surface area (Å²) in [6.45, 7) is 9.25. The first-order valence-corrected chi connectivity index (χ1v) is 5.25. The molecule has 0 rings (SSSR count). The molecule has 0 aliphatic heterocycles. The van der Waals surface area contributed by atoms with Gasteiger partial charge in [0, 0.05) is 5.57 Å². The zero-order valence-electron chi connectivity index (χ0n) is 10.2. The maximum absolute atomic E-state index is 11.6. The number of carbonyl (C=O) groups excluding carboxylic acids is 1. The molecule has 0 aromatic carbocycles. The third kappa shape index (κ3) is 6.19. The Balaban J connectivity index is 4.47. The monoisotopic (exact) mass is 224 g/mol. The molecular formula is C13H20O3. The number of esters is 1. The summed E-state index contributed by atoms with van der Waals surface area (Å²) in [6.07, 6.45) is 4.27. The maximum Gasteiger partial charge on any atom is 0.334 e. The molecule has 0 unspecified atom stereocenters. The Bertz CT molecular complexity index is 307. The molecule has 3 heteroatoms. The summed E-state index contributed by atoms with van der Waals surface area (Å²) in [5, 5.41) is 8.57. The number of hydrogen-bond acceptors (Lipinski definition) is 3. The van der Waals surface area contributed by atoms with Crippen molar-refractivity contribution in [1.29, 1.82) is 0 Å². The highest BCUT2D eigenvalue weighted by atomic mass is 16.5. The van der Waals surface area contributed by atoms with Gasteiger partial charge in [-0.15, -0.1) is 0 Å². The molecule has 0 atom stereocenters. The molecule has 3 nitrogen and oxygen atoms in total. The molecule has 0 spiro atoms. The van der Waals surface area contributed by atoms with E-state index in [1.165, 1.54) is 0 Å². The van der Waals surface area contributed by atoms with Gasteiger partial charge in [-0.1, -0.05) is 29.9 Å². The zero-order chi connectivity index (χ0) is 12.6. The topological polar surface area (TPSA) is 46.5 Å². The van der Waals surface area contributed by atoms with Crippen molar-refractivity contribution in [2.75, 3.05) is 13.2 Å². The zero-order valence-corrected chi connectivity index (χ0v) is 10.2. The van der Waals surface area contributed by atoms with E-state index in [9.17, 15) is 4.79 Å². The molecule has 0 bridgehead atoms. The van der Waals surface area contributed by atoms with Crippen LogP contribution in [0.3, 0.4) is 0 Å². The van der Waals surface area contributed by atoms with Crippen LogP contribution in [0.4, 0.5) is 0 Å². The molecule has 0 fully saturated rings. The van der Waals surface area contributed by atoms with E-state index in [1.807, 2.05) is 32.9 Å². The average Bonchev–Trinajstić information content (AvgIpc) is 2.20. The average molecular weight is 224 g/mol. The number of hydrogen-bond donors (Lipinski definition) is 1. The molecule has 90 valence electrons. The number of aliphatic hydroxyl groups excluding tert-OH is 1. The minimum atomic E-state index is -0.361. The molecular weight excluding hydrogens is 204 g/mol. The lowest BCUT2D eigenvalue weighted by Crippen LogP contribution is -2.11. The molecule has 0 radical (unpaired) electrons. The maximum atomic E-state index is 11.6. The molecule has 0 aliphatic carbocycles. The SMILES string of the molecule is C=C(C)C=CCC(C(=O)OCCO)=C(C)C. The van der Waals surface area contributed by atoms with Crippen LogP contribution in [-0.2, 0) is 9.53 Å². The van der Waals surface area contributed by atoms with E-state index in [0.717, 1.165) is 11.1 Å². The summed E-state index contributed by atoms with van der Waals surface area (Å²) in [6, 6.07) is 0. The van der Waals surface area contributed by atoms with Crippen molar-refractivity contribution in [1.82, 2.24) is 0 Å². The van der Waals surface area contributed by atoms with E-state index in [4.69, 9.17) is 9.84 Å². The number of aliphatic hydroxyl groups is 1. The summed E-state index contributed by atoms with van der Waals surface area (Å²) >= 11 is 0. The van der Waals surface area contributed by atoms with Crippen LogP contribution in [0.25, 0.3) is 0 Å². The smallest absolute Gasteiger partial charge is 0.334 e. The van der Waals surface area contributed by atoms with Crippen LogP contribution in [0.2, 0.25) is 0 Å². The van der Waals surface area contributed by atoms with E-state index >= 15 is 0 Å². The highest BCUT2D eigenvalue weighted by molar-refractivity contribution is 5.89. The van der Waals surface area contributed by atoms with E-state index in [2.05, 4.69) is 6.58 Å². The number of rotatable bonds is 6. The minimum Gasteiger partial charge on any atom is -0.460 e. The molecule has 0 aromatic heterocycles. The Labute approximate surface area is 97.1 Å². The molecule has 16 heavy (non-hydrogen) atoms.